The van der Waals surface area contributed by atoms with Crippen molar-refractivity contribution in [1.29, 1.82) is 0 Å². The topological polar surface area (TPSA) is 89.9 Å². The number of phenolic OH excluding ortho intramolecular Hbond substituents is 1. The van der Waals surface area contributed by atoms with Crippen molar-refractivity contribution in [2.24, 2.45) is 0 Å². The predicted molar refractivity (Wildman–Crippen MR) is 110 cm³/mol. The van der Waals surface area contributed by atoms with Crippen molar-refractivity contribution in [3.8, 4) is 23.3 Å². The Bertz CT molecular complexity index is 1090. The van der Waals surface area contributed by atoms with Gasteiger partial charge in [0.05, 0.1) is 16.0 Å². The standard InChI is InChI=1S/C21H21ClO6S/c1-21(2,3)28-20(24)13-27-19-10-7-16(22)11-15(19)6-5-14-12-17(29(4,25)26)8-9-18(14)23/h7-12,23H,13H2,1-4H3. The van der Waals surface area contributed by atoms with Gasteiger partial charge in [0.1, 0.15) is 17.1 Å². The van der Waals surface area contributed by atoms with Crippen LogP contribution in [0, 0.1) is 11.8 Å². The molecule has 1 N–H and O–H groups in total. The molecule has 29 heavy (non-hydrogen) atoms. The zero-order chi connectivity index (χ0) is 21.8. The first-order valence-electron chi connectivity index (χ1n) is 8.54. The first kappa shape index (κ1) is 22.6. The van der Waals surface area contributed by atoms with E-state index in [1.807, 2.05) is 0 Å². The number of ether oxygens (including phenoxy) is 2. The molecule has 0 saturated heterocycles. The van der Waals surface area contributed by atoms with E-state index in [1.54, 1.807) is 32.9 Å². The molecule has 0 fully saturated rings. The Morgan fingerprint density at radius 3 is 2.38 bits per heavy atom. The van der Waals surface area contributed by atoms with Gasteiger partial charge in [-0.2, -0.15) is 0 Å². The van der Waals surface area contributed by atoms with Crippen LogP contribution in [0.3, 0.4) is 0 Å². The molecule has 0 radical (unpaired) electrons. The van der Waals surface area contributed by atoms with Crippen LogP contribution in [0.4, 0.5) is 0 Å². The van der Waals surface area contributed by atoms with E-state index in [-0.39, 0.29) is 22.8 Å². The molecule has 0 spiro atoms. The quantitative estimate of drug-likeness (QED) is 0.582. The zero-order valence-corrected chi connectivity index (χ0v) is 18.0. The average Bonchev–Trinajstić information content (AvgIpc) is 2.57. The number of halogens is 1. The summed E-state index contributed by atoms with van der Waals surface area (Å²) in [7, 11) is -3.45. The highest BCUT2D eigenvalue weighted by atomic mass is 35.5. The summed E-state index contributed by atoms with van der Waals surface area (Å²) in [4.78, 5) is 11.9. The highest BCUT2D eigenvalue weighted by Gasteiger charge is 2.17. The van der Waals surface area contributed by atoms with E-state index in [0.717, 1.165) is 6.26 Å². The lowest BCUT2D eigenvalue weighted by Gasteiger charge is -2.19. The van der Waals surface area contributed by atoms with Gasteiger partial charge in [0, 0.05) is 11.3 Å². The molecule has 0 unspecified atom stereocenters. The van der Waals surface area contributed by atoms with Crippen molar-refractivity contribution < 1.29 is 27.8 Å². The lowest BCUT2D eigenvalue weighted by molar-refractivity contribution is -0.157. The third kappa shape index (κ3) is 7.00. The number of carbonyl (C=O) groups is 1. The van der Waals surface area contributed by atoms with Crippen LogP contribution in [0.5, 0.6) is 11.5 Å². The van der Waals surface area contributed by atoms with Crippen LogP contribution in [-0.4, -0.2) is 38.0 Å². The van der Waals surface area contributed by atoms with Crippen LogP contribution >= 0.6 is 11.6 Å². The molecule has 0 heterocycles. The van der Waals surface area contributed by atoms with Crippen molar-refractivity contribution in [2.45, 2.75) is 31.3 Å². The average molecular weight is 437 g/mol. The maximum Gasteiger partial charge on any atom is 0.344 e. The maximum absolute atomic E-state index is 11.9. The van der Waals surface area contributed by atoms with Gasteiger partial charge in [0.25, 0.3) is 0 Å². The van der Waals surface area contributed by atoms with Gasteiger partial charge in [-0.25, -0.2) is 13.2 Å². The maximum atomic E-state index is 11.9. The Morgan fingerprint density at radius 2 is 1.76 bits per heavy atom. The molecule has 0 saturated carbocycles. The Balaban J connectivity index is 2.31. The molecule has 6 nitrogen and oxygen atoms in total. The lowest BCUT2D eigenvalue weighted by Crippen LogP contribution is -2.27. The van der Waals surface area contributed by atoms with Gasteiger partial charge in [0.2, 0.25) is 0 Å². The molecule has 2 aromatic rings. The van der Waals surface area contributed by atoms with Crippen molar-refractivity contribution in [1.82, 2.24) is 0 Å². The number of hydrogen-bond acceptors (Lipinski definition) is 6. The molecule has 154 valence electrons. The van der Waals surface area contributed by atoms with Crippen LogP contribution in [0.2, 0.25) is 5.02 Å². The van der Waals surface area contributed by atoms with Crippen LogP contribution in [0.25, 0.3) is 0 Å². The number of aromatic hydroxyl groups is 1. The van der Waals surface area contributed by atoms with Crippen LogP contribution in [0.15, 0.2) is 41.3 Å². The minimum absolute atomic E-state index is 0.0343. The lowest BCUT2D eigenvalue weighted by atomic mass is 10.1. The number of carbonyl (C=O) groups excluding carboxylic acids is 1. The van der Waals surface area contributed by atoms with Gasteiger partial charge < -0.3 is 14.6 Å². The van der Waals surface area contributed by atoms with E-state index >= 15 is 0 Å². The van der Waals surface area contributed by atoms with E-state index in [1.165, 1.54) is 24.3 Å². The van der Waals surface area contributed by atoms with E-state index in [2.05, 4.69) is 11.8 Å². The highest BCUT2D eigenvalue weighted by molar-refractivity contribution is 7.90. The SMILES string of the molecule is CC(C)(C)OC(=O)COc1ccc(Cl)cc1C#Cc1cc(S(C)(=O)=O)ccc1O. The predicted octanol–water partition coefficient (Wildman–Crippen LogP) is 3.57. The molecule has 0 amide bonds. The van der Waals surface area contributed by atoms with Crippen molar-refractivity contribution >= 4 is 27.4 Å². The monoisotopic (exact) mass is 436 g/mol. The Hall–Kier alpha value is -2.69. The van der Waals surface area contributed by atoms with Gasteiger partial charge in [-0.1, -0.05) is 23.4 Å². The van der Waals surface area contributed by atoms with Crippen LogP contribution in [-0.2, 0) is 19.4 Å². The molecule has 2 rings (SSSR count). The Labute approximate surface area is 175 Å². The highest BCUT2D eigenvalue weighted by Crippen LogP contribution is 2.24. The summed E-state index contributed by atoms with van der Waals surface area (Å²) in [6, 6.07) is 8.52. The van der Waals surface area contributed by atoms with Gasteiger partial charge in [0.15, 0.2) is 16.4 Å². The number of phenols is 1. The second kappa shape index (κ2) is 8.76. The minimum atomic E-state index is -3.45. The summed E-state index contributed by atoms with van der Waals surface area (Å²) in [6.07, 6.45) is 1.07. The fourth-order valence-corrected chi connectivity index (χ4v) is 3.03. The summed E-state index contributed by atoms with van der Waals surface area (Å²) in [6.45, 7) is 4.94. The Kier molecular flexibility index (Phi) is 6.83. The van der Waals surface area contributed by atoms with Gasteiger partial charge in [-0.3, -0.25) is 0 Å². The third-order valence-electron chi connectivity index (χ3n) is 3.44. The second-order valence-corrected chi connectivity index (χ2v) is 9.67. The minimum Gasteiger partial charge on any atom is -0.507 e. The normalized spacial score (nSPS) is 11.3. The fraction of sp³-hybridized carbons (Fsp3) is 0.286. The second-order valence-electron chi connectivity index (χ2n) is 7.22. The first-order chi connectivity index (χ1) is 13.3. The number of sulfone groups is 1. The Morgan fingerprint density at radius 1 is 1.10 bits per heavy atom. The molecule has 0 aliphatic rings. The summed E-state index contributed by atoms with van der Waals surface area (Å²) in [5.74, 6) is 5.11. The molecular weight excluding hydrogens is 416 g/mol. The molecule has 8 heteroatoms. The largest absolute Gasteiger partial charge is 0.507 e. The summed E-state index contributed by atoms with van der Waals surface area (Å²) in [5, 5.41) is 10.4. The molecule has 0 aliphatic carbocycles. The number of hydrogen-bond donors (Lipinski definition) is 1. The van der Waals surface area contributed by atoms with E-state index in [4.69, 9.17) is 21.1 Å². The van der Waals surface area contributed by atoms with Gasteiger partial charge in [-0.15, -0.1) is 0 Å². The molecule has 0 aliphatic heterocycles. The fourth-order valence-electron chi connectivity index (χ4n) is 2.21. The smallest absolute Gasteiger partial charge is 0.344 e. The first-order valence-corrected chi connectivity index (χ1v) is 10.8. The summed E-state index contributed by atoms with van der Waals surface area (Å²) in [5.41, 5.74) is -0.137. The number of benzene rings is 2. The van der Waals surface area contributed by atoms with Gasteiger partial charge >= 0.3 is 5.97 Å². The molecule has 0 bridgehead atoms. The van der Waals surface area contributed by atoms with Crippen molar-refractivity contribution in [3.63, 3.8) is 0 Å². The van der Waals surface area contributed by atoms with E-state index in [0.29, 0.717) is 16.3 Å². The van der Waals surface area contributed by atoms with Crippen LogP contribution in [0.1, 0.15) is 31.9 Å². The molecule has 0 atom stereocenters. The van der Waals surface area contributed by atoms with E-state index < -0.39 is 21.4 Å². The van der Waals surface area contributed by atoms with Crippen LogP contribution < -0.4 is 4.74 Å². The van der Waals surface area contributed by atoms with Crippen molar-refractivity contribution in [2.75, 3.05) is 12.9 Å². The number of esters is 1. The van der Waals surface area contributed by atoms with E-state index in [9.17, 15) is 18.3 Å². The van der Waals surface area contributed by atoms with Gasteiger partial charge in [-0.05, 0) is 57.2 Å². The molecule has 2 aromatic carbocycles. The summed E-state index contributed by atoms with van der Waals surface area (Å²) >= 11 is 6.02. The number of rotatable bonds is 4. The molecule has 0 aromatic heterocycles. The van der Waals surface area contributed by atoms with Crippen molar-refractivity contribution in [3.05, 3.63) is 52.5 Å². The zero-order valence-electron chi connectivity index (χ0n) is 16.4. The molecular formula is C21H21ClO6S. The summed E-state index contributed by atoms with van der Waals surface area (Å²) < 4.78 is 34.1. The third-order valence-corrected chi connectivity index (χ3v) is 4.78.